The van der Waals surface area contributed by atoms with Crippen molar-refractivity contribution in [2.45, 2.75) is 25.8 Å². The van der Waals surface area contributed by atoms with Crippen molar-refractivity contribution < 1.29 is 4.74 Å². The summed E-state index contributed by atoms with van der Waals surface area (Å²) in [5.74, 6) is 1.67. The standard InChI is InChI=1S/C26H33N3O/c1-28(20-24-8-3-7-23-9-4-15-27-26(23)24)18-22-6-5-16-29(19-22)17-14-21-10-12-25(30-2)13-11-21/h3-4,7-13,15,22H,5-6,14,16-20H2,1-2H3. The number of aromatic nitrogens is 1. The first-order valence-electron chi connectivity index (χ1n) is 11.1. The van der Waals surface area contributed by atoms with Gasteiger partial charge in [-0.05, 0) is 68.1 Å². The van der Waals surface area contributed by atoms with Gasteiger partial charge in [-0.15, -0.1) is 0 Å². The largest absolute Gasteiger partial charge is 0.497 e. The lowest BCUT2D eigenvalue weighted by Crippen LogP contribution is -2.40. The summed E-state index contributed by atoms with van der Waals surface area (Å²) in [6.45, 7) is 5.66. The molecule has 30 heavy (non-hydrogen) atoms. The van der Waals surface area contributed by atoms with Crippen LogP contribution in [0.3, 0.4) is 0 Å². The maximum absolute atomic E-state index is 5.26. The van der Waals surface area contributed by atoms with Gasteiger partial charge in [0.15, 0.2) is 0 Å². The van der Waals surface area contributed by atoms with E-state index < -0.39 is 0 Å². The highest BCUT2D eigenvalue weighted by Crippen LogP contribution is 2.21. The van der Waals surface area contributed by atoms with Gasteiger partial charge in [0.1, 0.15) is 5.75 Å². The van der Waals surface area contributed by atoms with Gasteiger partial charge >= 0.3 is 0 Å². The molecular weight excluding hydrogens is 370 g/mol. The van der Waals surface area contributed by atoms with Gasteiger partial charge < -0.3 is 14.5 Å². The Hall–Kier alpha value is -2.43. The summed E-state index contributed by atoms with van der Waals surface area (Å²) in [7, 11) is 3.97. The topological polar surface area (TPSA) is 28.6 Å². The van der Waals surface area contributed by atoms with Crippen LogP contribution in [0.15, 0.2) is 60.8 Å². The molecule has 0 radical (unpaired) electrons. The monoisotopic (exact) mass is 403 g/mol. The number of ether oxygens (including phenoxy) is 1. The molecular formula is C26H33N3O. The fourth-order valence-corrected chi connectivity index (χ4v) is 4.67. The zero-order valence-electron chi connectivity index (χ0n) is 18.3. The second kappa shape index (κ2) is 10.1. The fourth-order valence-electron chi connectivity index (χ4n) is 4.67. The highest BCUT2D eigenvalue weighted by Gasteiger charge is 2.21. The Balaban J connectivity index is 1.28. The van der Waals surface area contributed by atoms with Gasteiger partial charge in [0.05, 0.1) is 12.6 Å². The Bertz CT molecular complexity index is 935. The first kappa shape index (κ1) is 20.8. The normalized spacial score (nSPS) is 17.5. The van der Waals surface area contributed by atoms with E-state index in [0.29, 0.717) is 0 Å². The van der Waals surface area contributed by atoms with E-state index in [4.69, 9.17) is 4.74 Å². The number of pyridine rings is 1. The lowest BCUT2D eigenvalue weighted by atomic mass is 9.96. The molecule has 4 rings (SSSR count). The molecule has 4 nitrogen and oxygen atoms in total. The van der Waals surface area contributed by atoms with Crippen LogP contribution in [0.25, 0.3) is 10.9 Å². The van der Waals surface area contributed by atoms with Crippen molar-refractivity contribution in [3.05, 3.63) is 71.9 Å². The minimum atomic E-state index is 0.738. The molecule has 0 N–H and O–H groups in total. The highest BCUT2D eigenvalue weighted by molar-refractivity contribution is 5.81. The van der Waals surface area contributed by atoms with Crippen LogP contribution in [-0.4, -0.2) is 55.1 Å². The van der Waals surface area contributed by atoms with Crippen LogP contribution in [0.2, 0.25) is 0 Å². The minimum absolute atomic E-state index is 0.738. The lowest BCUT2D eigenvalue weighted by molar-refractivity contribution is 0.142. The number of likely N-dealkylation sites (tertiary alicyclic amines) is 1. The average Bonchev–Trinajstić information content (AvgIpc) is 2.78. The van der Waals surface area contributed by atoms with Crippen molar-refractivity contribution in [3.63, 3.8) is 0 Å². The van der Waals surface area contributed by atoms with Gasteiger partial charge in [-0.1, -0.05) is 36.4 Å². The lowest BCUT2D eigenvalue weighted by Gasteiger charge is -2.35. The van der Waals surface area contributed by atoms with E-state index in [1.165, 1.54) is 42.4 Å². The first-order valence-corrected chi connectivity index (χ1v) is 11.1. The Morgan fingerprint density at radius 3 is 2.77 bits per heavy atom. The quantitative estimate of drug-likeness (QED) is 0.548. The number of para-hydroxylation sites is 1. The predicted octanol–water partition coefficient (Wildman–Crippen LogP) is 4.63. The number of rotatable bonds is 8. The maximum atomic E-state index is 5.26. The molecule has 3 aromatic rings. The smallest absolute Gasteiger partial charge is 0.118 e. The third-order valence-electron chi connectivity index (χ3n) is 6.21. The molecule has 1 aliphatic heterocycles. The zero-order valence-corrected chi connectivity index (χ0v) is 18.3. The third-order valence-corrected chi connectivity index (χ3v) is 6.21. The van der Waals surface area contributed by atoms with E-state index in [2.05, 4.69) is 70.4 Å². The van der Waals surface area contributed by atoms with Crippen LogP contribution >= 0.6 is 0 Å². The predicted molar refractivity (Wildman–Crippen MR) is 124 cm³/mol. The Kier molecular flexibility index (Phi) is 6.98. The van der Waals surface area contributed by atoms with Crippen molar-refractivity contribution in [2.75, 3.05) is 40.3 Å². The van der Waals surface area contributed by atoms with E-state index in [1.54, 1.807) is 7.11 Å². The summed E-state index contributed by atoms with van der Waals surface area (Å²) < 4.78 is 5.26. The molecule has 1 atom stereocenters. The summed E-state index contributed by atoms with van der Waals surface area (Å²) in [4.78, 5) is 9.73. The molecule has 2 aromatic carbocycles. The van der Waals surface area contributed by atoms with Gasteiger partial charge in [0.2, 0.25) is 0 Å². The molecule has 0 bridgehead atoms. The molecule has 1 saturated heterocycles. The van der Waals surface area contributed by atoms with Crippen molar-refractivity contribution in [1.82, 2.24) is 14.8 Å². The van der Waals surface area contributed by atoms with Crippen molar-refractivity contribution in [3.8, 4) is 5.75 Å². The number of methoxy groups -OCH3 is 1. The molecule has 2 heterocycles. The second-order valence-corrected chi connectivity index (χ2v) is 8.60. The second-order valence-electron chi connectivity index (χ2n) is 8.60. The number of nitrogens with zero attached hydrogens (tertiary/aromatic N) is 3. The van der Waals surface area contributed by atoms with Crippen molar-refractivity contribution in [2.24, 2.45) is 5.92 Å². The number of fused-ring (bicyclic) bond motifs is 1. The summed E-state index contributed by atoms with van der Waals surface area (Å²) >= 11 is 0. The van der Waals surface area contributed by atoms with Gasteiger partial charge in [-0.2, -0.15) is 0 Å². The molecule has 1 aromatic heterocycles. The summed E-state index contributed by atoms with van der Waals surface area (Å²) in [5, 5.41) is 1.23. The Labute approximate surface area is 180 Å². The van der Waals surface area contributed by atoms with Crippen LogP contribution < -0.4 is 4.74 Å². The highest BCUT2D eigenvalue weighted by atomic mass is 16.5. The Morgan fingerprint density at radius 1 is 1.10 bits per heavy atom. The van der Waals surface area contributed by atoms with Crippen molar-refractivity contribution in [1.29, 1.82) is 0 Å². The molecule has 1 fully saturated rings. The van der Waals surface area contributed by atoms with Gasteiger partial charge in [0.25, 0.3) is 0 Å². The van der Waals surface area contributed by atoms with E-state index in [0.717, 1.165) is 43.2 Å². The minimum Gasteiger partial charge on any atom is -0.497 e. The van der Waals surface area contributed by atoms with Gasteiger partial charge in [0, 0.05) is 37.8 Å². The summed E-state index contributed by atoms with van der Waals surface area (Å²) in [6, 6.07) is 19.2. The van der Waals surface area contributed by atoms with Crippen LogP contribution in [0.1, 0.15) is 24.0 Å². The van der Waals surface area contributed by atoms with Crippen LogP contribution in [0, 0.1) is 5.92 Å². The zero-order chi connectivity index (χ0) is 20.8. The third kappa shape index (κ3) is 5.38. The Morgan fingerprint density at radius 2 is 1.93 bits per heavy atom. The van der Waals surface area contributed by atoms with Gasteiger partial charge in [-0.3, -0.25) is 4.98 Å². The molecule has 158 valence electrons. The summed E-state index contributed by atoms with van der Waals surface area (Å²) in [6.07, 6.45) is 5.63. The molecule has 1 unspecified atom stereocenters. The van der Waals surface area contributed by atoms with E-state index in [9.17, 15) is 0 Å². The summed E-state index contributed by atoms with van der Waals surface area (Å²) in [5.41, 5.74) is 3.85. The average molecular weight is 404 g/mol. The van der Waals surface area contributed by atoms with Crippen LogP contribution in [0.4, 0.5) is 0 Å². The number of benzene rings is 2. The van der Waals surface area contributed by atoms with Crippen molar-refractivity contribution >= 4 is 10.9 Å². The molecule has 0 spiro atoms. The van der Waals surface area contributed by atoms with Crippen LogP contribution in [-0.2, 0) is 13.0 Å². The van der Waals surface area contributed by atoms with Gasteiger partial charge in [-0.25, -0.2) is 0 Å². The van der Waals surface area contributed by atoms with E-state index in [-0.39, 0.29) is 0 Å². The van der Waals surface area contributed by atoms with E-state index in [1.807, 2.05) is 12.3 Å². The molecule has 4 heteroatoms. The molecule has 1 aliphatic rings. The number of hydrogen-bond acceptors (Lipinski definition) is 4. The molecule has 0 saturated carbocycles. The number of hydrogen-bond donors (Lipinski definition) is 0. The maximum Gasteiger partial charge on any atom is 0.118 e. The van der Waals surface area contributed by atoms with E-state index >= 15 is 0 Å². The SMILES string of the molecule is COc1ccc(CCN2CCCC(CN(C)Cc3cccc4cccnc34)C2)cc1. The molecule has 0 amide bonds. The van der Waals surface area contributed by atoms with Crippen LogP contribution in [0.5, 0.6) is 5.75 Å². The molecule has 0 aliphatic carbocycles. The number of piperidine rings is 1. The fraction of sp³-hybridized carbons (Fsp3) is 0.423. The first-order chi connectivity index (χ1) is 14.7.